The van der Waals surface area contributed by atoms with Crippen LogP contribution >= 0.6 is 11.3 Å². The number of aryl methyl sites for hydroxylation is 1. The summed E-state index contributed by atoms with van der Waals surface area (Å²) in [4.78, 5) is 15.3. The minimum Gasteiger partial charge on any atom is -0.439 e. The lowest BCUT2D eigenvalue weighted by Crippen LogP contribution is -1.93. The Hall–Kier alpha value is -4.81. The third-order valence-electron chi connectivity index (χ3n) is 7.05. The van der Waals surface area contributed by atoms with E-state index in [1.54, 1.807) is 11.3 Å². The van der Waals surface area contributed by atoms with E-state index in [0.717, 1.165) is 49.5 Å². The summed E-state index contributed by atoms with van der Waals surface area (Å²) in [6.07, 6.45) is 3.84. The molecule has 0 amide bonds. The molecule has 0 fully saturated rings. The second-order valence-electron chi connectivity index (χ2n) is 9.40. The highest BCUT2D eigenvalue weighted by Gasteiger charge is 2.14. The van der Waals surface area contributed by atoms with Gasteiger partial charge in [-0.3, -0.25) is 4.40 Å². The van der Waals surface area contributed by atoms with E-state index in [2.05, 4.69) is 76.1 Å². The zero-order valence-electron chi connectivity index (χ0n) is 20.4. The zero-order chi connectivity index (χ0) is 25.2. The lowest BCUT2D eigenvalue weighted by atomic mass is 10.1. The fourth-order valence-electron chi connectivity index (χ4n) is 5.33. The van der Waals surface area contributed by atoms with Crippen molar-refractivity contribution in [3.05, 3.63) is 109 Å². The van der Waals surface area contributed by atoms with Gasteiger partial charge in [-0.25, -0.2) is 15.0 Å². The number of pyridine rings is 3. The van der Waals surface area contributed by atoms with Gasteiger partial charge < -0.3 is 4.74 Å². The maximum atomic E-state index is 6.32. The van der Waals surface area contributed by atoms with Crippen LogP contribution in [-0.4, -0.2) is 19.4 Å². The van der Waals surface area contributed by atoms with E-state index < -0.39 is 0 Å². The minimum atomic E-state index is 0.550. The van der Waals surface area contributed by atoms with Crippen molar-refractivity contribution in [2.45, 2.75) is 6.92 Å². The molecule has 5 nitrogen and oxygen atoms in total. The molecule has 0 saturated carbocycles. The quantitative estimate of drug-likeness (QED) is 0.224. The van der Waals surface area contributed by atoms with Crippen molar-refractivity contribution in [2.24, 2.45) is 0 Å². The Morgan fingerprint density at radius 1 is 0.737 bits per heavy atom. The highest BCUT2D eigenvalue weighted by atomic mass is 32.1. The SMILES string of the molecule is Cc1ccc2c(n1)sc1c(-c3cccc(Oc4ccc5c6ccccc6n6ccnc6c5c4)n3)cccc12. The molecule has 8 rings (SSSR count). The third-order valence-corrected chi connectivity index (χ3v) is 8.20. The van der Waals surface area contributed by atoms with Crippen molar-refractivity contribution >= 4 is 59.0 Å². The second-order valence-corrected chi connectivity index (χ2v) is 10.4. The van der Waals surface area contributed by atoms with Crippen LogP contribution in [0.5, 0.6) is 11.6 Å². The lowest BCUT2D eigenvalue weighted by molar-refractivity contribution is 0.464. The van der Waals surface area contributed by atoms with Crippen LogP contribution in [0.25, 0.3) is 58.9 Å². The fourth-order valence-corrected chi connectivity index (χ4v) is 6.57. The molecule has 180 valence electrons. The van der Waals surface area contributed by atoms with Crippen LogP contribution in [0.2, 0.25) is 0 Å². The first kappa shape index (κ1) is 21.3. The average molecular weight is 509 g/mol. The largest absolute Gasteiger partial charge is 0.439 e. The Kier molecular flexibility index (Phi) is 4.54. The summed E-state index contributed by atoms with van der Waals surface area (Å²) in [5.74, 6) is 1.27. The van der Waals surface area contributed by atoms with Gasteiger partial charge in [-0.2, -0.15) is 0 Å². The summed E-state index contributed by atoms with van der Waals surface area (Å²) in [6.45, 7) is 2.03. The van der Waals surface area contributed by atoms with Gasteiger partial charge in [0, 0.05) is 56.0 Å². The molecule has 0 spiro atoms. The number of fused-ring (bicyclic) bond motifs is 9. The molecule has 8 aromatic rings. The summed E-state index contributed by atoms with van der Waals surface area (Å²) < 4.78 is 9.63. The standard InChI is InChI=1S/C32H20N4OS/c1-19-12-14-24-23-7-4-8-25(30(23)38-32(24)34-19)27-9-5-11-29(35-27)37-20-13-15-21-22-6-2-3-10-28(22)36-17-16-33-31(36)26(21)18-20/h2-18H,1H3. The van der Waals surface area contributed by atoms with Crippen LogP contribution < -0.4 is 4.74 Å². The normalized spacial score (nSPS) is 11.8. The van der Waals surface area contributed by atoms with Crippen molar-refractivity contribution in [3.8, 4) is 22.9 Å². The summed E-state index contributed by atoms with van der Waals surface area (Å²) in [6, 6.07) is 31.1. The molecule has 0 unspecified atom stereocenters. The van der Waals surface area contributed by atoms with Crippen molar-refractivity contribution < 1.29 is 4.74 Å². The van der Waals surface area contributed by atoms with E-state index in [-0.39, 0.29) is 0 Å². The van der Waals surface area contributed by atoms with Gasteiger partial charge in [0.15, 0.2) is 0 Å². The Labute approximate surface area is 221 Å². The van der Waals surface area contributed by atoms with Crippen molar-refractivity contribution in [1.29, 1.82) is 0 Å². The molecule has 0 atom stereocenters. The predicted octanol–water partition coefficient (Wildman–Crippen LogP) is 8.57. The number of aromatic nitrogens is 4. The molecule has 0 aliphatic rings. The van der Waals surface area contributed by atoms with Gasteiger partial charge in [-0.15, -0.1) is 11.3 Å². The molecule has 0 aliphatic carbocycles. The molecule has 0 radical (unpaired) electrons. The van der Waals surface area contributed by atoms with Gasteiger partial charge in [-0.05, 0) is 54.8 Å². The van der Waals surface area contributed by atoms with Gasteiger partial charge >= 0.3 is 0 Å². The van der Waals surface area contributed by atoms with Gasteiger partial charge in [0.2, 0.25) is 5.88 Å². The van der Waals surface area contributed by atoms with Crippen LogP contribution in [0.3, 0.4) is 0 Å². The smallest absolute Gasteiger partial charge is 0.219 e. The van der Waals surface area contributed by atoms with Crippen LogP contribution in [-0.2, 0) is 0 Å². The number of nitrogens with zero attached hydrogens (tertiary/aromatic N) is 4. The molecule has 38 heavy (non-hydrogen) atoms. The molecule has 5 aromatic heterocycles. The molecule has 0 N–H and O–H groups in total. The average Bonchev–Trinajstić information content (AvgIpc) is 3.58. The summed E-state index contributed by atoms with van der Waals surface area (Å²) in [5, 5.41) is 5.75. The van der Waals surface area contributed by atoms with Crippen molar-refractivity contribution in [3.63, 3.8) is 0 Å². The lowest BCUT2D eigenvalue weighted by Gasteiger charge is -2.11. The third kappa shape index (κ3) is 3.20. The Morgan fingerprint density at radius 2 is 1.61 bits per heavy atom. The number of benzene rings is 3. The maximum absolute atomic E-state index is 6.32. The van der Waals surface area contributed by atoms with E-state index in [4.69, 9.17) is 14.7 Å². The molecule has 0 aliphatic heterocycles. The maximum Gasteiger partial charge on any atom is 0.219 e. The van der Waals surface area contributed by atoms with Gasteiger partial charge in [0.05, 0.1) is 11.2 Å². The van der Waals surface area contributed by atoms with Gasteiger partial charge in [0.1, 0.15) is 16.2 Å². The fraction of sp³-hybridized carbons (Fsp3) is 0.0312. The number of hydrogen-bond donors (Lipinski definition) is 0. The number of para-hydroxylation sites is 1. The van der Waals surface area contributed by atoms with E-state index in [1.807, 2.05) is 43.6 Å². The molecule has 0 bridgehead atoms. The zero-order valence-corrected chi connectivity index (χ0v) is 21.2. The summed E-state index contributed by atoms with van der Waals surface area (Å²) in [7, 11) is 0. The van der Waals surface area contributed by atoms with Gasteiger partial charge in [0.25, 0.3) is 0 Å². The van der Waals surface area contributed by atoms with Crippen molar-refractivity contribution in [2.75, 3.05) is 0 Å². The molecular formula is C32H20N4OS. The number of thiophene rings is 1. The number of ether oxygens (including phenoxy) is 1. The summed E-state index contributed by atoms with van der Waals surface area (Å²) in [5.41, 5.74) is 5.02. The van der Waals surface area contributed by atoms with E-state index in [9.17, 15) is 0 Å². The highest BCUT2D eigenvalue weighted by Crippen LogP contribution is 2.39. The van der Waals surface area contributed by atoms with E-state index in [1.165, 1.54) is 20.9 Å². The highest BCUT2D eigenvalue weighted by molar-refractivity contribution is 7.26. The van der Waals surface area contributed by atoms with Crippen molar-refractivity contribution in [1.82, 2.24) is 19.4 Å². The molecule has 6 heteroatoms. The number of hydrogen-bond acceptors (Lipinski definition) is 5. The monoisotopic (exact) mass is 508 g/mol. The first-order chi connectivity index (χ1) is 18.7. The Bertz CT molecular complexity index is 2190. The van der Waals surface area contributed by atoms with Crippen LogP contribution in [0, 0.1) is 6.92 Å². The Balaban J connectivity index is 1.23. The minimum absolute atomic E-state index is 0.550. The van der Waals surface area contributed by atoms with Gasteiger partial charge in [-0.1, -0.05) is 42.5 Å². The molecule has 3 aromatic carbocycles. The van der Waals surface area contributed by atoms with Crippen LogP contribution in [0.4, 0.5) is 0 Å². The summed E-state index contributed by atoms with van der Waals surface area (Å²) >= 11 is 1.71. The van der Waals surface area contributed by atoms with Crippen LogP contribution in [0.15, 0.2) is 103 Å². The topological polar surface area (TPSA) is 52.3 Å². The van der Waals surface area contributed by atoms with E-state index in [0.29, 0.717) is 5.88 Å². The molecular weight excluding hydrogens is 488 g/mol. The molecule has 5 heterocycles. The Morgan fingerprint density at radius 3 is 2.58 bits per heavy atom. The van der Waals surface area contributed by atoms with Crippen LogP contribution in [0.1, 0.15) is 5.69 Å². The first-order valence-corrected chi connectivity index (χ1v) is 13.3. The van der Waals surface area contributed by atoms with E-state index >= 15 is 0 Å². The number of imidazole rings is 1. The molecule has 0 saturated heterocycles. The second kappa shape index (κ2) is 8.10. The first-order valence-electron chi connectivity index (χ1n) is 12.4. The number of rotatable bonds is 3. The predicted molar refractivity (Wildman–Crippen MR) is 155 cm³/mol.